The Morgan fingerprint density at radius 3 is 2.56 bits per heavy atom. The molecule has 3 atom stereocenters. The van der Waals surface area contributed by atoms with Gasteiger partial charge in [-0.15, -0.1) is 0 Å². The molecule has 1 amide bonds. The summed E-state index contributed by atoms with van der Waals surface area (Å²) in [6.45, 7) is 8.17. The SMILES string of the molecule is CC(C)(C)OC(=O)N1CC[C@@H]2[C@H]1C[C@]2(C)O. The number of amides is 1. The number of aliphatic hydroxyl groups is 1. The van der Waals surface area contributed by atoms with Crippen molar-refractivity contribution in [2.75, 3.05) is 6.54 Å². The zero-order chi connectivity index (χ0) is 12.1. The zero-order valence-corrected chi connectivity index (χ0v) is 10.5. The van der Waals surface area contributed by atoms with Crippen molar-refractivity contribution in [1.82, 2.24) is 4.90 Å². The number of likely N-dealkylation sites (tertiary alicyclic amines) is 1. The molecule has 4 nitrogen and oxygen atoms in total. The average molecular weight is 227 g/mol. The van der Waals surface area contributed by atoms with Gasteiger partial charge < -0.3 is 14.7 Å². The molecule has 0 bridgehead atoms. The van der Waals surface area contributed by atoms with E-state index >= 15 is 0 Å². The number of carbonyl (C=O) groups is 1. The Labute approximate surface area is 96.6 Å². The molecule has 1 aliphatic heterocycles. The van der Waals surface area contributed by atoms with Gasteiger partial charge in [0.15, 0.2) is 0 Å². The highest BCUT2D eigenvalue weighted by Crippen LogP contribution is 2.48. The molecule has 0 aromatic rings. The molecule has 0 radical (unpaired) electrons. The topological polar surface area (TPSA) is 49.8 Å². The van der Waals surface area contributed by atoms with E-state index in [2.05, 4.69) is 0 Å². The predicted octanol–water partition coefficient (Wildman–Crippen LogP) is 1.77. The van der Waals surface area contributed by atoms with Crippen LogP contribution in [0.15, 0.2) is 0 Å². The van der Waals surface area contributed by atoms with Crippen LogP contribution in [0.4, 0.5) is 4.79 Å². The van der Waals surface area contributed by atoms with Crippen LogP contribution in [0.1, 0.15) is 40.5 Å². The number of ether oxygens (including phenoxy) is 1. The zero-order valence-electron chi connectivity index (χ0n) is 10.5. The fraction of sp³-hybridized carbons (Fsp3) is 0.917. The monoisotopic (exact) mass is 227 g/mol. The Morgan fingerprint density at radius 1 is 1.50 bits per heavy atom. The Morgan fingerprint density at radius 2 is 2.12 bits per heavy atom. The van der Waals surface area contributed by atoms with Gasteiger partial charge in [0, 0.05) is 18.5 Å². The summed E-state index contributed by atoms with van der Waals surface area (Å²) >= 11 is 0. The Balaban J connectivity index is 1.96. The lowest BCUT2D eigenvalue weighted by atomic mass is 9.67. The highest BCUT2D eigenvalue weighted by atomic mass is 16.6. The fourth-order valence-corrected chi connectivity index (χ4v) is 2.79. The minimum absolute atomic E-state index is 0.185. The maximum absolute atomic E-state index is 11.9. The molecule has 16 heavy (non-hydrogen) atoms. The van der Waals surface area contributed by atoms with Gasteiger partial charge in [0.2, 0.25) is 0 Å². The lowest BCUT2D eigenvalue weighted by Crippen LogP contribution is -2.58. The van der Waals surface area contributed by atoms with E-state index in [-0.39, 0.29) is 18.1 Å². The Bertz CT molecular complexity index is 306. The molecule has 0 aromatic heterocycles. The van der Waals surface area contributed by atoms with Gasteiger partial charge in [-0.3, -0.25) is 0 Å². The number of nitrogens with zero attached hydrogens (tertiary/aromatic N) is 1. The number of rotatable bonds is 0. The second-order valence-electron chi connectivity index (χ2n) is 6.20. The van der Waals surface area contributed by atoms with E-state index in [1.54, 1.807) is 4.90 Å². The summed E-state index contributed by atoms with van der Waals surface area (Å²) in [6.07, 6.45) is 1.32. The van der Waals surface area contributed by atoms with Crippen molar-refractivity contribution in [3.05, 3.63) is 0 Å². The van der Waals surface area contributed by atoms with Gasteiger partial charge >= 0.3 is 6.09 Å². The molecule has 2 fully saturated rings. The van der Waals surface area contributed by atoms with E-state index in [1.807, 2.05) is 27.7 Å². The van der Waals surface area contributed by atoms with Crippen molar-refractivity contribution in [1.29, 1.82) is 0 Å². The number of hydrogen-bond donors (Lipinski definition) is 1. The molecule has 2 aliphatic rings. The summed E-state index contributed by atoms with van der Waals surface area (Å²) in [7, 11) is 0. The van der Waals surface area contributed by atoms with Crippen LogP contribution in [0.5, 0.6) is 0 Å². The van der Waals surface area contributed by atoms with E-state index in [4.69, 9.17) is 4.74 Å². The van der Waals surface area contributed by atoms with Crippen molar-refractivity contribution < 1.29 is 14.6 Å². The maximum atomic E-state index is 11.9. The van der Waals surface area contributed by atoms with Gasteiger partial charge in [0.25, 0.3) is 0 Å². The van der Waals surface area contributed by atoms with Gasteiger partial charge in [0.1, 0.15) is 5.60 Å². The van der Waals surface area contributed by atoms with Gasteiger partial charge in [-0.05, 0) is 40.5 Å². The predicted molar refractivity (Wildman–Crippen MR) is 60.1 cm³/mol. The number of fused-ring (bicyclic) bond motifs is 1. The molecule has 0 spiro atoms. The standard InChI is InChI=1S/C12H21NO3/c1-11(2,3)16-10(14)13-6-5-8-9(13)7-12(8,4)15/h8-9,15H,5-7H2,1-4H3/t8-,9-,12+/m1/s1. The third-order valence-electron chi connectivity index (χ3n) is 3.60. The molecule has 1 aliphatic carbocycles. The van der Waals surface area contributed by atoms with Crippen molar-refractivity contribution in [3.8, 4) is 0 Å². The summed E-state index contributed by atoms with van der Waals surface area (Å²) in [5, 5.41) is 9.94. The molecule has 1 N–H and O–H groups in total. The second-order valence-corrected chi connectivity index (χ2v) is 6.20. The lowest BCUT2D eigenvalue weighted by Gasteiger charge is -2.48. The van der Waals surface area contributed by atoms with Gasteiger partial charge in [-0.2, -0.15) is 0 Å². The molecule has 0 unspecified atom stereocenters. The Kier molecular flexibility index (Phi) is 2.46. The largest absolute Gasteiger partial charge is 0.444 e. The summed E-state index contributed by atoms with van der Waals surface area (Å²) in [5.74, 6) is 0.236. The van der Waals surface area contributed by atoms with Gasteiger partial charge in [0.05, 0.1) is 5.60 Å². The quantitative estimate of drug-likeness (QED) is 0.686. The first-order valence-electron chi connectivity index (χ1n) is 5.93. The lowest BCUT2D eigenvalue weighted by molar-refractivity contribution is -0.108. The van der Waals surface area contributed by atoms with E-state index < -0.39 is 11.2 Å². The van der Waals surface area contributed by atoms with Crippen LogP contribution in [0.2, 0.25) is 0 Å². The van der Waals surface area contributed by atoms with Crippen molar-refractivity contribution in [3.63, 3.8) is 0 Å². The first-order chi connectivity index (χ1) is 7.21. The van der Waals surface area contributed by atoms with Crippen LogP contribution in [0.3, 0.4) is 0 Å². The first kappa shape index (κ1) is 11.7. The highest BCUT2D eigenvalue weighted by molar-refractivity contribution is 5.69. The molecule has 1 heterocycles. The van der Waals surface area contributed by atoms with E-state index in [9.17, 15) is 9.90 Å². The van der Waals surface area contributed by atoms with E-state index in [0.717, 1.165) is 6.42 Å². The fourth-order valence-electron chi connectivity index (χ4n) is 2.79. The van der Waals surface area contributed by atoms with Crippen LogP contribution in [0.25, 0.3) is 0 Å². The molecule has 1 saturated heterocycles. The maximum Gasteiger partial charge on any atom is 0.410 e. The molecule has 92 valence electrons. The summed E-state index contributed by atoms with van der Waals surface area (Å²) in [4.78, 5) is 13.7. The van der Waals surface area contributed by atoms with Crippen LogP contribution in [-0.4, -0.2) is 39.9 Å². The van der Waals surface area contributed by atoms with Crippen molar-refractivity contribution >= 4 is 6.09 Å². The summed E-state index contributed by atoms with van der Waals surface area (Å²) < 4.78 is 5.35. The van der Waals surface area contributed by atoms with Crippen LogP contribution in [0, 0.1) is 5.92 Å². The number of carbonyl (C=O) groups excluding carboxylic acids is 1. The van der Waals surface area contributed by atoms with Crippen LogP contribution >= 0.6 is 0 Å². The molecular formula is C12H21NO3. The number of hydrogen-bond acceptors (Lipinski definition) is 3. The molecular weight excluding hydrogens is 206 g/mol. The van der Waals surface area contributed by atoms with Crippen molar-refractivity contribution in [2.45, 2.75) is 57.8 Å². The molecule has 0 aromatic carbocycles. The molecule has 1 saturated carbocycles. The Hall–Kier alpha value is -0.770. The van der Waals surface area contributed by atoms with E-state index in [1.165, 1.54) is 0 Å². The minimum Gasteiger partial charge on any atom is -0.444 e. The smallest absolute Gasteiger partial charge is 0.410 e. The summed E-state index contributed by atoms with van der Waals surface area (Å²) in [6, 6.07) is 0.185. The molecule has 2 rings (SSSR count). The van der Waals surface area contributed by atoms with E-state index in [0.29, 0.717) is 13.0 Å². The minimum atomic E-state index is -0.582. The van der Waals surface area contributed by atoms with Crippen molar-refractivity contribution in [2.24, 2.45) is 5.92 Å². The third-order valence-corrected chi connectivity index (χ3v) is 3.60. The first-order valence-corrected chi connectivity index (χ1v) is 5.93. The third kappa shape index (κ3) is 1.90. The van der Waals surface area contributed by atoms with Crippen LogP contribution < -0.4 is 0 Å². The average Bonchev–Trinajstić information content (AvgIpc) is 2.40. The van der Waals surface area contributed by atoms with Crippen LogP contribution in [-0.2, 0) is 4.74 Å². The van der Waals surface area contributed by atoms with Gasteiger partial charge in [-0.1, -0.05) is 0 Å². The van der Waals surface area contributed by atoms with Gasteiger partial charge in [-0.25, -0.2) is 4.79 Å². The normalized spacial score (nSPS) is 37.9. The second kappa shape index (κ2) is 3.36. The highest BCUT2D eigenvalue weighted by Gasteiger charge is 2.56. The molecule has 4 heteroatoms. The summed E-state index contributed by atoms with van der Waals surface area (Å²) in [5.41, 5.74) is -1.02.